The van der Waals surface area contributed by atoms with E-state index in [-0.39, 0.29) is 0 Å². The van der Waals surface area contributed by atoms with Crippen molar-refractivity contribution in [3.05, 3.63) is 28.2 Å². The van der Waals surface area contributed by atoms with E-state index in [1.807, 2.05) is 19.0 Å². The van der Waals surface area contributed by atoms with E-state index in [2.05, 4.69) is 4.98 Å². The Morgan fingerprint density at radius 1 is 1.11 bits per heavy atom. The summed E-state index contributed by atoms with van der Waals surface area (Å²) in [5.41, 5.74) is 1.37. The number of hydrogen-bond acceptors (Lipinski definition) is 2. The standard InChI is InChI=1S/C8H9ClN3.F6P/c1-12(2)8-4-3-6(11-10)5-7(8)9;1-7(2,3,4,5)6/h3-5H,1-2H3;/q+1;-1. The molecule has 1 aromatic carbocycles. The predicted octanol–water partition coefficient (Wildman–Crippen LogP) is 6.27. The Hall–Kier alpha value is -1.26. The van der Waals surface area contributed by atoms with Gasteiger partial charge >= 0.3 is 38.7 Å². The van der Waals surface area contributed by atoms with Gasteiger partial charge in [0.25, 0.3) is 0 Å². The molecule has 0 N–H and O–H groups in total. The third kappa shape index (κ3) is 11.6. The molecule has 0 amide bonds. The zero-order chi connectivity index (χ0) is 15.5. The first-order valence-corrected chi connectivity index (χ1v) is 6.89. The molecule has 19 heavy (non-hydrogen) atoms. The molecule has 110 valence electrons. The first-order valence-electron chi connectivity index (χ1n) is 4.48. The van der Waals surface area contributed by atoms with E-state index in [9.17, 15) is 25.2 Å². The van der Waals surface area contributed by atoms with Gasteiger partial charge in [-0.2, -0.15) is 0 Å². The number of hydrogen-bond donors (Lipinski definition) is 0. The number of rotatable bonds is 1. The van der Waals surface area contributed by atoms with Crippen LogP contribution in [0, 0.1) is 5.39 Å². The van der Waals surface area contributed by atoms with E-state index in [1.54, 1.807) is 18.2 Å². The van der Waals surface area contributed by atoms with Crippen molar-refractivity contribution in [2.75, 3.05) is 19.0 Å². The summed E-state index contributed by atoms with van der Waals surface area (Å²) in [6.45, 7) is 0. The van der Waals surface area contributed by atoms with Crippen LogP contribution in [0.5, 0.6) is 0 Å². The van der Waals surface area contributed by atoms with Gasteiger partial charge in [-0.3, -0.25) is 0 Å². The Bertz CT molecular complexity index is 495. The van der Waals surface area contributed by atoms with Gasteiger partial charge in [-0.05, 0) is 6.07 Å². The van der Waals surface area contributed by atoms with Crippen molar-refractivity contribution < 1.29 is 25.2 Å². The summed E-state index contributed by atoms with van der Waals surface area (Å²) in [6, 6.07) is 5.11. The molecule has 0 saturated carbocycles. The van der Waals surface area contributed by atoms with Gasteiger partial charge in [0.15, 0.2) is 4.98 Å². The summed E-state index contributed by atoms with van der Waals surface area (Å²) in [7, 11) is -6.86. The summed E-state index contributed by atoms with van der Waals surface area (Å²) in [6.07, 6.45) is 0. The van der Waals surface area contributed by atoms with Gasteiger partial charge in [-0.15, -0.1) is 0 Å². The van der Waals surface area contributed by atoms with Gasteiger partial charge in [0, 0.05) is 20.2 Å². The van der Waals surface area contributed by atoms with Crippen molar-refractivity contribution >= 4 is 30.8 Å². The molecule has 0 aliphatic heterocycles. The zero-order valence-electron chi connectivity index (χ0n) is 9.67. The van der Waals surface area contributed by atoms with E-state index >= 15 is 0 Å². The SMILES string of the molecule is CN(C)c1ccc([N+]#N)cc1Cl.F[P-](F)(F)(F)(F)F. The van der Waals surface area contributed by atoms with Gasteiger partial charge in [0.05, 0.1) is 16.8 Å². The molecule has 0 aliphatic rings. The predicted molar refractivity (Wildman–Crippen MR) is 64.1 cm³/mol. The van der Waals surface area contributed by atoms with Crippen molar-refractivity contribution in [3.63, 3.8) is 0 Å². The van der Waals surface area contributed by atoms with E-state index in [0.29, 0.717) is 10.7 Å². The molecule has 0 aromatic heterocycles. The number of diazo groups is 1. The zero-order valence-corrected chi connectivity index (χ0v) is 11.3. The van der Waals surface area contributed by atoms with Crippen LogP contribution in [0.25, 0.3) is 4.98 Å². The quantitative estimate of drug-likeness (QED) is 0.345. The Kier molecular flexibility index (Phi) is 4.38. The fourth-order valence-corrected chi connectivity index (χ4v) is 1.26. The topological polar surface area (TPSA) is 31.4 Å². The number of benzene rings is 1. The number of anilines is 1. The van der Waals surface area contributed by atoms with E-state index in [0.717, 1.165) is 5.69 Å². The maximum atomic E-state index is 9.87. The normalized spacial score (nSPS) is 14.3. The fourth-order valence-electron chi connectivity index (χ4n) is 0.921. The van der Waals surface area contributed by atoms with Crippen molar-refractivity contribution in [2.45, 2.75) is 0 Å². The van der Waals surface area contributed by atoms with Crippen LogP contribution in [0.15, 0.2) is 18.2 Å². The summed E-state index contributed by atoms with van der Waals surface area (Å²) in [5, 5.41) is 9.02. The molecule has 0 atom stereocenters. The summed E-state index contributed by atoms with van der Waals surface area (Å²) < 4.78 is 59.2. The Labute approximate surface area is 109 Å². The number of halogens is 7. The molecular formula is C8H9ClF6N3P. The molecule has 0 saturated heterocycles. The minimum absolute atomic E-state index is 0.464. The van der Waals surface area contributed by atoms with E-state index in [1.165, 1.54) is 0 Å². The van der Waals surface area contributed by atoms with Gasteiger partial charge in [0.2, 0.25) is 5.39 Å². The third-order valence-electron chi connectivity index (χ3n) is 1.53. The summed E-state index contributed by atoms with van der Waals surface area (Å²) in [4.78, 5) is 4.92. The molecule has 0 radical (unpaired) electrons. The maximum absolute atomic E-state index is 10.7. The molecule has 0 unspecified atom stereocenters. The second-order valence-electron chi connectivity index (χ2n) is 3.59. The number of nitrogens with zero attached hydrogens (tertiary/aromatic N) is 3. The van der Waals surface area contributed by atoms with Gasteiger partial charge < -0.3 is 4.90 Å². The second-order valence-corrected chi connectivity index (χ2v) is 5.91. The molecule has 0 bridgehead atoms. The van der Waals surface area contributed by atoms with Crippen LogP contribution < -0.4 is 4.90 Å². The molecular weight excluding hydrogens is 319 g/mol. The van der Waals surface area contributed by atoms with Crippen LogP contribution in [0.3, 0.4) is 0 Å². The van der Waals surface area contributed by atoms with Crippen molar-refractivity contribution in [3.8, 4) is 0 Å². The molecule has 0 spiro atoms. The van der Waals surface area contributed by atoms with Crippen molar-refractivity contribution in [1.29, 1.82) is 5.39 Å². The minimum atomic E-state index is -10.7. The van der Waals surface area contributed by atoms with Crippen LogP contribution >= 0.6 is 19.4 Å². The van der Waals surface area contributed by atoms with Gasteiger partial charge in [-0.1, -0.05) is 11.6 Å². The summed E-state index contributed by atoms with van der Waals surface area (Å²) in [5.74, 6) is 0. The van der Waals surface area contributed by atoms with Crippen LogP contribution in [-0.2, 0) is 0 Å². The molecule has 0 aliphatic carbocycles. The fraction of sp³-hybridized carbons (Fsp3) is 0.250. The van der Waals surface area contributed by atoms with Crippen LogP contribution in [0.2, 0.25) is 5.02 Å². The van der Waals surface area contributed by atoms with Crippen LogP contribution in [-0.4, -0.2) is 14.1 Å². The van der Waals surface area contributed by atoms with Crippen LogP contribution in [0.1, 0.15) is 0 Å². The van der Waals surface area contributed by atoms with E-state index < -0.39 is 7.81 Å². The first kappa shape index (κ1) is 17.7. The van der Waals surface area contributed by atoms with Crippen LogP contribution in [0.4, 0.5) is 36.6 Å². The molecule has 1 rings (SSSR count). The molecule has 11 heteroatoms. The van der Waals surface area contributed by atoms with Gasteiger partial charge in [-0.25, -0.2) is 0 Å². The summed E-state index contributed by atoms with van der Waals surface area (Å²) >= 11 is 5.89. The Morgan fingerprint density at radius 2 is 1.53 bits per heavy atom. The average Bonchev–Trinajstić information content (AvgIpc) is 2.11. The van der Waals surface area contributed by atoms with Crippen molar-refractivity contribution in [1.82, 2.24) is 0 Å². The van der Waals surface area contributed by atoms with Crippen molar-refractivity contribution in [2.24, 2.45) is 0 Å². The Balaban J connectivity index is 0.000000399. The third-order valence-corrected chi connectivity index (χ3v) is 1.83. The monoisotopic (exact) mass is 327 g/mol. The van der Waals surface area contributed by atoms with Gasteiger partial charge in [0.1, 0.15) is 0 Å². The Morgan fingerprint density at radius 3 is 1.79 bits per heavy atom. The first-order chi connectivity index (χ1) is 8.10. The average molecular weight is 328 g/mol. The molecule has 0 fully saturated rings. The molecule has 3 nitrogen and oxygen atoms in total. The molecule has 0 heterocycles. The molecule has 1 aromatic rings. The second kappa shape index (κ2) is 4.69. The van der Waals surface area contributed by atoms with E-state index in [4.69, 9.17) is 17.0 Å².